The van der Waals surface area contributed by atoms with Crippen molar-refractivity contribution in [1.82, 2.24) is 14.9 Å². The third-order valence-electron chi connectivity index (χ3n) is 4.30. The van der Waals surface area contributed by atoms with E-state index >= 15 is 0 Å². The van der Waals surface area contributed by atoms with Gasteiger partial charge in [-0.25, -0.2) is 4.98 Å². The predicted molar refractivity (Wildman–Crippen MR) is 78.6 cm³/mol. The van der Waals surface area contributed by atoms with Crippen LogP contribution in [0.5, 0.6) is 0 Å². The van der Waals surface area contributed by atoms with E-state index in [1.54, 1.807) is 0 Å². The Morgan fingerprint density at radius 1 is 1.35 bits per heavy atom. The molecule has 2 aromatic rings. The molecule has 1 aliphatic heterocycles. The SMILES string of the molecule is c1cnc2c(c1)c(CNC1CC1)cn2CC1CCCO1. The summed E-state index contributed by atoms with van der Waals surface area (Å²) in [6.07, 6.45) is 9.51. The van der Waals surface area contributed by atoms with Crippen molar-refractivity contribution in [3.8, 4) is 0 Å². The lowest BCUT2D eigenvalue weighted by Gasteiger charge is -2.10. The maximum Gasteiger partial charge on any atom is 0.140 e. The summed E-state index contributed by atoms with van der Waals surface area (Å²) in [4.78, 5) is 4.57. The molecule has 4 rings (SSSR count). The minimum atomic E-state index is 0.358. The summed E-state index contributed by atoms with van der Waals surface area (Å²) in [7, 11) is 0. The molecule has 20 heavy (non-hydrogen) atoms. The third-order valence-corrected chi connectivity index (χ3v) is 4.30. The van der Waals surface area contributed by atoms with Crippen LogP contribution >= 0.6 is 0 Å². The second-order valence-electron chi connectivity index (χ2n) is 5.97. The van der Waals surface area contributed by atoms with E-state index in [4.69, 9.17) is 4.74 Å². The van der Waals surface area contributed by atoms with Gasteiger partial charge in [0.15, 0.2) is 0 Å². The lowest BCUT2D eigenvalue weighted by atomic mass is 10.2. The zero-order chi connectivity index (χ0) is 13.4. The molecule has 106 valence electrons. The number of fused-ring (bicyclic) bond motifs is 1. The van der Waals surface area contributed by atoms with Gasteiger partial charge in [-0.15, -0.1) is 0 Å². The molecule has 0 spiro atoms. The second-order valence-corrected chi connectivity index (χ2v) is 5.97. The fourth-order valence-electron chi connectivity index (χ4n) is 3.02. The maximum atomic E-state index is 5.76. The highest BCUT2D eigenvalue weighted by Gasteiger charge is 2.22. The Morgan fingerprint density at radius 3 is 3.10 bits per heavy atom. The van der Waals surface area contributed by atoms with Crippen molar-refractivity contribution in [2.75, 3.05) is 6.61 Å². The summed E-state index contributed by atoms with van der Waals surface area (Å²) in [6.45, 7) is 2.79. The van der Waals surface area contributed by atoms with Gasteiger partial charge < -0.3 is 14.6 Å². The van der Waals surface area contributed by atoms with Crippen LogP contribution in [0.25, 0.3) is 11.0 Å². The Morgan fingerprint density at radius 2 is 2.30 bits per heavy atom. The number of pyridine rings is 1. The van der Waals surface area contributed by atoms with Gasteiger partial charge in [-0.1, -0.05) is 0 Å². The van der Waals surface area contributed by atoms with Gasteiger partial charge in [0.2, 0.25) is 0 Å². The van der Waals surface area contributed by atoms with E-state index in [1.165, 1.54) is 36.6 Å². The fourth-order valence-corrected chi connectivity index (χ4v) is 3.02. The van der Waals surface area contributed by atoms with Gasteiger partial charge in [-0.3, -0.25) is 0 Å². The van der Waals surface area contributed by atoms with Gasteiger partial charge in [-0.2, -0.15) is 0 Å². The standard InChI is InChI=1S/C16H21N3O/c1-4-15-12(9-18-13-5-6-13)10-19(16(15)17-7-1)11-14-3-2-8-20-14/h1,4,7,10,13-14,18H,2-3,5-6,8-9,11H2. The highest BCUT2D eigenvalue weighted by molar-refractivity contribution is 5.80. The minimum absolute atomic E-state index is 0.358. The first-order valence-electron chi connectivity index (χ1n) is 7.68. The lowest BCUT2D eigenvalue weighted by Crippen LogP contribution is -2.16. The molecule has 1 atom stereocenters. The number of nitrogens with zero attached hydrogens (tertiary/aromatic N) is 2. The summed E-state index contributed by atoms with van der Waals surface area (Å²) in [5.41, 5.74) is 2.45. The molecule has 2 fully saturated rings. The molecule has 2 aromatic heterocycles. The van der Waals surface area contributed by atoms with Gasteiger partial charge in [0.25, 0.3) is 0 Å². The maximum absolute atomic E-state index is 5.76. The molecule has 3 heterocycles. The minimum Gasteiger partial charge on any atom is -0.376 e. The van der Waals surface area contributed by atoms with E-state index in [0.717, 1.165) is 31.4 Å². The zero-order valence-corrected chi connectivity index (χ0v) is 11.7. The van der Waals surface area contributed by atoms with Crippen molar-refractivity contribution < 1.29 is 4.74 Å². The Balaban J connectivity index is 1.60. The Labute approximate surface area is 119 Å². The molecule has 1 aliphatic carbocycles. The Hall–Kier alpha value is -1.39. The van der Waals surface area contributed by atoms with Crippen molar-refractivity contribution in [2.24, 2.45) is 0 Å². The molecular formula is C16H21N3O. The summed E-state index contributed by atoms with van der Waals surface area (Å²) < 4.78 is 8.03. The van der Waals surface area contributed by atoms with Crippen LogP contribution < -0.4 is 5.32 Å². The molecule has 4 heteroatoms. The largest absolute Gasteiger partial charge is 0.376 e. The van der Waals surface area contributed by atoms with Crippen LogP contribution in [0.3, 0.4) is 0 Å². The van der Waals surface area contributed by atoms with Crippen LogP contribution in [0, 0.1) is 0 Å². The van der Waals surface area contributed by atoms with Crippen molar-refractivity contribution in [3.05, 3.63) is 30.1 Å². The number of nitrogens with one attached hydrogen (secondary N) is 1. The van der Waals surface area contributed by atoms with Gasteiger partial charge in [0, 0.05) is 37.0 Å². The number of rotatable bonds is 5. The van der Waals surface area contributed by atoms with Gasteiger partial charge in [0.05, 0.1) is 12.6 Å². The van der Waals surface area contributed by atoms with Crippen molar-refractivity contribution >= 4 is 11.0 Å². The molecule has 2 aliphatic rings. The average molecular weight is 271 g/mol. The number of aromatic nitrogens is 2. The number of ether oxygens (including phenoxy) is 1. The topological polar surface area (TPSA) is 39.1 Å². The summed E-state index contributed by atoms with van der Waals surface area (Å²) in [5, 5.41) is 4.88. The van der Waals surface area contributed by atoms with E-state index in [0.29, 0.717) is 6.10 Å². The molecule has 1 N–H and O–H groups in total. The lowest BCUT2D eigenvalue weighted by molar-refractivity contribution is 0.0979. The monoisotopic (exact) mass is 271 g/mol. The molecule has 1 saturated heterocycles. The Kier molecular flexibility index (Phi) is 3.20. The quantitative estimate of drug-likeness (QED) is 0.908. The third kappa shape index (κ3) is 2.45. The first kappa shape index (κ1) is 12.4. The summed E-state index contributed by atoms with van der Waals surface area (Å²) in [5.74, 6) is 0. The Bertz CT molecular complexity index is 597. The van der Waals surface area contributed by atoms with Crippen molar-refractivity contribution in [1.29, 1.82) is 0 Å². The van der Waals surface area contributed by atoms with Gasteiger partial charge in [0.1, 0.15) is 5.65 Å². The highest BCUT2D eigenvalue weighted by atomic mass is 16.5. The van der Waals surface area contributed by atoms with Crippen LogP contribution in [-0.4, -0.2) is 28.3 Å². The molecule has 1 saturated carbocycles. The number of hydrogen-bond donors (Lipinski definition) is 1. The van der Waals surface area contributed by atoms with Crippen LogP contribution in [0.4, 0.5) is 0 Å². The van der Waals surface area contributed by atoms with E-state index < -0.39 is 0 Å². The zero-order valence-electron chi connectivity index (χ0n) is 11.7. The molecule has 0 bridgehead atoms. The van der Waals surface area contributed by atoms with Gasteiger partial charge in [-0.05, 0) is 43.4 Å². The normalized spacial score (nSPS) is 22.7. The number of hydrogen-bond acceptors (Lipinski definition) is 3. The molecule has 0 aromatic carbocycles. The van der Waals surface area contributed by atoms with E-state index in [-0.39, 0.29) is 0 Å². The molecular weight excluding hydrogens is 250 g/mol. The second kappa shape index (κ2) is 5.19. The van der Waals surface area contributed by atoms with Gasteiger partial charge >= 0.3 is 0 Å². The fraction of sp³-hybridized carbons (Fsp3) is 0.562. The van der Waals surface area contributed by atoms with Crippen molar-refractivity contribution in [3.63, 3.8) is 0 Å². The molecule has 1 unspecified atom stereocenters. The van der Waals surface area contributed by atoms with Crippen LogP contribution in [0.1, 0.15) is 31.2 Å². The smallest absolute Gasteiger partial charge is 0.140 e. The molecule has 0 amide bonds. The van der Waals surface area contributed by atoms with Crippen LogP contribution in [0.15, 0.2) is 24.5 Å². The van der Waals surface area contributed by atoms with Crippen LogP contribution in [-0.2, 0) is 17.8 Å². The van der Waals surface area contributed by atoms with E-state index in [1.807, 2.05) is 12.3 Å². The first-order chi connectivity index (χ1) is 9.90. The van der Waals surface area contributed by atoms with E-state index in [2.05, 4.69) is 27.1 Å². The summed E-state index contributed by atoms with van der Waals surface area (Å²) >= 11 is 0. The average Bonchev–Trinajstić information content (AvgIpc) is 3.05. The molecule has 4 nitrogen and oxygen atoms in total. The molecule has 0 radical (unpaired) electrons. The van der Waals surface area contributed by atoms with Crippen molar-refractivity contribution in [2.45, 2.75) is 50.9 Å². The predicted octanol–water partition coefficient (Wildman–Crippen LogP) is 2.47. The van der Waals surface area contributed by atoms with Crippen LogP contribution in [0.2, 0.25) is 0 Å². The highest BCUT2D eigenvalue weighted by Crippen LogP contribution is 2.24. The first-order valence-corrected chi connectivity index (χ1v) is 7.68. The van der Waals surface area contributed by atoms with E-state index in [9.17, 15) is 0 Å². The summed E-state index contributed by atoms with van der Waals surface area (Å²) in [6, 6.07) is 4.95.